The third kappa shape index (κ3) is 6.85. The molecule has 2 amide bonds. The summed E-state index contributed by atoms with van der Waals surface area (Å²) in [6.07, 6.45) is 7.27. The zero-order valence-corrected chi connectivity index (χ0v) is 17.3. The van der Waals surface area contributed by atoms with Crippen molar-refractivity contribution < 1.29 is 9.59 Å². The molecule has 0 aliphatic heterocycles. The molecule has 1 heterocycles. The number of amides is 2. The van der Waals surface area contributed by atoms with Gasteiger partial charge in [-0.05, 0) is 38.3 Å². The summed E-state index contributed by atoms with van der Waals surface area (Å²) in [5.41, 5.74) is 1.11. The summed E-state index contributed by atoms with van der Waals surface area (Å²) in [4.78, 5) is 29.3. The molecule has 0 unspecified atom stereocenters. The van der Waals surface area contributed by atoms with Crippen LogP contribution in [0.1, 0.15) is 71.9 Å². The van der Waals surface area contributed by atoms with Gasteiger partial charge in [-0.3, -0.25) is 9.59 Å². The first-order valence-electron chi connectivity index (χ1n) is 10.1. The second kappa shape index (κ2) is 11.8. The van der Waals surface area contributed by atoms with Gasteiger partial charge in [-0.25, -0.2) is 0 Å². The first-order valence-corrected chi connectivity index (χ1v) is 10.1. The van der Waals surface area contributed by atoms with Crippen molar-refractivity contribution in [1.82, 2.24) is 14.4 Å². The molecule has 0 fully saturated rings. The van der Waals surface area contributed by atoms with Crippen molar-refractivity contribution in [3.05, 3.63) is 24.0 Å². The molecule has 0 saturated heterocycles. The lowest BCUT2D eigenvalue weighted by atomic mass is 10.1. The van der Waals surface area contributed by atoms with Crippen LogP contribution in [0.2, 0.25) is 0 Å². The molecule has 26 heavy (non-hydrogen) atoms. The fourth-order valence-electron chi connectivity index (χ4n) is 2.92. The van der Waals surface area contributed by atoms with Crippen LogP contribution in [0.25, 0.3) is 0 Å². The van der Waals surface area contributed by atoms with Crippen LogP contribution in [-0.2, 0) is 23.2 Å². The van der Waals surface area contributed by atoms with Crippen molar-refractivity contribution in [3.63, 3.8) is 0 Å². The van der Waals surface area contributed by atoms with Crippen LogP contribution >= 0.6 is 0 Å². The van der Waals surface area contributed by atoms with E-state index in [1.54, 1.807) is 4.90 Å². The second-order valence-electron chi connectivity index (χ2n) is 7.16. The third-order valence-corrected chi connectivity index (χ3v) is 5.03. The molecule has 0 aliphatic carbocycles. The summed E-state index contributed by atoms with van der Waals surface area (Å²) < 4.78 is 2.05. The van der Waals surface area contributed by atoms with Crippen LogP contribution in [-0.4, -0.2) is 45.3 Å². The minimum atomic E-state index is 0.0461. The van der Waals surface area contributed by atoms with Crippen molar-refractivity contribution >= 4 is 11.8 Å². The quantitative estimate of drug-likeness (QED) is 0.564. The lowest BCUT2D eigenvalue weighted by Crippen LogP contribution is -2.46. The van der Waals surface area contributed by atoms with Gasteiger partial charge in [0, 0.05) is 37.9 Å². The number of hydrogen-bond acceptors (Lipinski definition) is 2. The Morgan fingerprint density at radius 3 is 2.35 bits per heavy atom. The molecule has 5 nitrogen and oxygen atoms in total. The van der Waals surface area contributed by atoms with E-state index in [9.17, 15) is 9.59 Å². The van der Waals surface area contributed by atoms with Crippen molar-refractivity contribution in [1.29, 1.82) is 0 Å². The minimum absolute atomic E-state index is 0.0461. The van der Waals surface area contributed by atoms with E-state index in [-0.39, 0.29) is 24.4 Å². The topological polar surface area (TPSA) is 45.6 Å². The van der Waals surface area contributed by atoms with E-state index in [1.165, 1.54) is 0 Å². The summed E-state index contributed by atoms with van der Waals surface area (Å²) in [6, 6.07) is 4.13. The van der Waals surface area contributed by atoms with E-state index in [0.717, 1.165) is 44.3 Å². The fraction of sp³-hybridized carbons (Fsp3) is 0.714. The number of unbranched alkanes of at least 4 members (excludes halogenated alkanes) is 2. The van der Waals surface area contributed by atoms with E-state index in [1.807, 2.05) is 41.8 Å². The van der Waals surface area contributed by atoms with Gasteiger partial charge in [0.25, 0.3) is 0 Å². The zero-order chi connectivity index (χ0) is 19.5. The maximum Gasteiger partial charge on any atom is 0.242 e. The summed E-state index contributed by atoms with van der Waals surface area (Å²) in [5.74, 6) is 0.147. The molecule has 0 N–H and O–H groups in total. The van der Waals surface area contributed by atoms with Crippen molar-refractivity contribution in [3.8, 4) is 0 Å². The van der Waals surface area contributed by atoms with Crippen molar-refractivity contribution in [2.24, 2.45) is 7.05 Å². The number of nitrogens with zero attached hydrogens (tertiary/aromatic N) is 3. The van der Waals surface area contributed by atoms with Crippen LogP contribution in [0.15, 0.2) is 18.3 Å². The van der Waals surface area contributed by atoms with Gasteiger partial charge in [-0.15, -0.1) is 0 Å². The lowest BCUT2D eigenvalue weighted by molar-refractivity contribution is -0.142. The summed E-state index contributed by atoms with van der Waals surface area (Å²) >= 11 is 0. The standard InChI is InChI=1S/C21H37N3O2/c1-6-9-13-20(25)24(18(4)8-3)17-21(26)23(15-10-7-2)16-19-12-11-14-22(19)5/h11-12,14,18H,6-10,13,15-17H2,1-5H3/t18-/m0/s1. The number of carbonyl (C=O) groups is 2. The SMILES string of the molecule is CCCCC(=O)N(CC(=O)N(CCCC)Cc1cccn1C)[C@@H](C)CC. The Labute approximate surface area is 159 Å². The highest BCUT2D eigenvalue weighted by molar-refractivity contribution is 5.85. The van der Waals surface area contributed by atoms with Gasteiger partial charge in [0.2, 0.25) is 11.8 Å². The van der Waals surface area contributed by atoms with E-state index in [0.29, 0.717) is 13.0 Å². The molecule has 0 aliphatic rings. The Morgan fingerprint density at radius 2 is 1.81 bits per heavy atom. The monoisotopic (exact) mass is 363 g/mol. The fourth-order valence-corrected chi connectivity index (χ4v) is 2.92. The minimum Gasteiger partial charge on any atom is -0.353 e. The molecular formula is C21H37N3O2. The van der Waals surface area contributed by atoms with E-state index in [2.05, 4.69) is 20.8 Å². The maximum absolute atomic E-state index is 13.0. The number of hydrogen-bond donors (Lipinski definition) is 0. The first kappa shape index (κ1) is 22.3. The lowest BCUT2D eigenvalue weighted by Gasteiger charge is -2.31. The highest BCUT2D eigenvalue weighted by Gasteiger charge is 2.24. The Morgan fingerprint density at radius 1 is 1.12 bits per heavy atom. The molecule has 1 aromatic heterocycles. The van der Waals surface area contributed by atoms with Crippen LogP contribution < -0.4 is 0 Å². The largest absolute Gasteiger partial charge is 0.353 e. The highest BCUT2D eigenvalue weighted by atomic mass is 16.2. The van der Waals surface area contributed by atoms with Gasteiger partial charge in [-0.2, -0.15) is 0 Å². The molecular weight excluding hydrogens is 326 g/mol. The average Bonchev–Trinajstić information content (AvgIpc) is 3.04. The molecule has 1 aromatic rings. The van der Waals surface area contributed by atoms with Gasteiger partial charge >= 0.3 is 0 Å². The zero-order valence-electron chi connectivity index (χ0n) is 17.3. The maximum atomic E-state index is 13.0. The molecule has 0 radical (unpaired) electrons. The van der Waals surface area contributed by atoms with Gasteiger partial charge in [-0.1, -0.05) is 33.6 Å². The average molecular weight is 364 g/mol. The van der Waals surface area contributed by atoms with E-state index >= 15 is 0 Å². The molecule has 0 bridgehead atoms. The number of aromatic nitrogens is 1. The Hall–Kier alpha value is -1.78. The smallest absolute Gasteiger partial charge is 0.242 e. The van der Waals surface area contributed by atoms with Crippen LogP contribution in [0.3, 0.4) is 0 Å². The first-order chi connectivity index (χ1) is 12.4. The molecule has 1 rings (SSSR count). The predicted octanol–water partition coefficient (Wildman–Crippen LogP) is 3.97. The van der Waals surface area contributed by atoms with Gasteiger partial charge in [0.15, 0.2) is 0 Å². The summed E-state index contributed by atoms with van der Waals surface area (Å²) in [5, 5.41) is 0. The highest BCUT2D eigenvalue weighted by Crippen LogP contribution is 2.12. The number of aryl methyl sites for hydroxylation is 1. The molecule has 0 saturated carbocycles. The van der Waals surface area contributed by atoms with Crippen molar-refractivity contribution in [2.75, 3.05) is 13.1 Å². The molecule has 0 spiro atoms. The van der Waals surface area contributed by atoms with Crippen molar-refractivity contribution in [2.45, 2.75) is 78.8 Å². The van der Waals surface area contributed by atoms with Gasteiger partial charge in [0.05, 0.1) is 13.1 Å². The molecule has 148 valence electrons. The molecule has 1 atom stereocenters. The predicted molar refractivity (Wildman–Crippen MR) is 107 cm³/mol. The second-order valence-corrected chi connectivity index (χ2v) is 7.16. The number of rotatable bonds is 12. The van der Waals surface area contributed by atoms with Crippen LogP contribution in [0.4, 0.5) is 0 Å². The normalized spacial score (nSPS) is 12.0. The van der Waals surface area contributed by atoms with Gasteiger partial charge < -0.3 is 14.4 Å². The Balaban J connectivity index is 2.85. The Bertz CT molecular complexity index is 553. The summed E-state index contributed by atoms with van der Waals surface area (Å²) in [7, 11) is 2.00. The van der Waals surface area contributed by atoms with Crippen LogP contribution in [0.5, 0.6) is 0 Å². The van der Waals surface area contributed by atoms with E-state index < -0.39 is 0 Å². The molecule has 0 aromatic carbocycles. The summed E-state index contributed by atoms with van der Waals surface area (Å²) in [6.45, 7) is 9.82. The Kier molecular flexibility index (Phi) is 10.1. The van der Waals surface area contributed by atoms with Crippen LogP contribution in [0, 0.1) is 0 Å². The van der Waals surface area contributed by atoms with Gasteiger partial charge in [0.1, 0.15) is 0 Å². The van der Waals surface area contributed by atoms with E-state index in [4.69, 9.17) is 0 Å². The molecule has 5 heteroatoms. The number of carbonyl (C=O) groups excluding carboxylic acids is 2. The third-order valence-electron chi connectivity index (χ3n) is 5.03.